The van der Waals surface area contributed by atoms with Crippen LogP contribution in [0.5, 0.6) is 0 Å². The Morgan fingerprint density at radius 3 is 3.06 bits per heavy atom. The van der Waals surface area contributed by atoms with E-state index in [1.54, 1.807) is 6.92 Å². The predicted molar refractivity (Wildman–Crippen MR) is 65.0 cm³/mol. The predicted octanol–water partition coefficient (Wildman–Crippen LogP) is 0.923. The second kappa shape index (κ2) is 5.58. The molecule has 0 spiro atoms. The monoisotopic (exact) mass is 263 g/mol. The maximum Gasteiger partial charge on any atom is 0.242 e. The van der Waals surface area contributed by atoms with Crippen LogP contribution in [0.2, 0.25) is 0 Å². The molecule has 0 aromatic carbocycles. The van der Waals surface area contributed by atoms with Crippen LogP contribution in [0.1, 0.15) is 17.5 Å². The molecule has 0 bridgehead atoms. The van der Waals surface area contributed by atoms with Crippen LogP contribution < -0.4 is 11.1 Å². The average Bonchev–Trinajstić information content (AvgIpc) is 2.59. The Labute approximate surface area is 104 Å². The van der Waals surface area contributed by atoms with Crippen molar-refractivity contribution in [2.45, 2.75) is 26.0 Å². The fourth-order valence-electron chi connectivity index (χ4n) is 1.30. The van der Waals surface area contributed by atoms with Crippen LogP contribution in [0.25, 0.3) is 0 Å². The van der Waals surface area contributed by atoms with Crippen LogP contribution in [0, 0.1) is 0 Å². The van der Waals surface area contributed by atoms with E-state index < -0.39 is 6.04 Å². The van der Waals surface area contributed by atoms with Gasteiger partial charge in [-0.2, -0.15) is 0 Å². The van der Waals surface area contributed by atoms with Crippen molar-refractivity contribution in [1.29, 1.82) is 0 Å². The molecule has 2 rings (SSSR count). The molecule has 1 amide bonds. The number of nitrogens with zero attached hydrogens (tertiary/aromatic N) is 1. The van der Waals surface area contributed by atoms with Gasteiger partial charge in [0.2, 0.25) is 5.91 Å². The zero-order valence-electron chi connectivity index (χ0n) is 8.86. The Hall–Kier alpha value is -0.690. The topological polar surface area (TPSA) is 77.2 Å². The van der Waals surface area contributed by atoms with E-state index in [2.05, 4.69) is 10.3 Å². The van der Waals surface area contributed by atoms with Crippen LogP contribution in [-0.2, 0) is 22.6 Å². The number of hydrogen-bond acceptors (Lipinski definition) is 5. The first-order valence-corrected chi connectivity index (χ1v) is 5.61. The normalized spacial score (nSPS) is 15.9. The number of nitrogens with one attached hydrogen (secondary N) is 1. The molecule has 0 saturated heterocycles. The van der Waals surface area contributed by atoms with Gasteiger partial charge in [0.15, 0.2) is 5.13 Å². The van der Waals surface area contributed by atoms with Gasteiger partial charge in [0.25, 0.3) is 0 Å². The van der Waals surface area contributed by atoms with Crippen LogP contribution >= 0.6 is 23.7 Å². The minimum atomic E-state index is -0.512. The van der Waals surface area contributed by atoms with Crippen molar-refractivity contribution in [3.63, 3.8) is 0 Å². The SMILES string of the molecule is CC(N)C(=O)Nc1nc2c(s1)COCC2.Cl. The summed E-state index contributed by atoms with van der Waals surface area (Å²) in [4.78, 5) is 16.7. The molecule has 1 aromatic heterocycles. The first kappa shape index (κ1) is 13.4. The summed E-state index contributed by atoms with van der Waals surface area (Å²) in [5, 5.41) is 3.30. The second-order valence-electron chi connectivity index (χ2n) is 3.47. The van der Waals surface area contributed by atoms with E-state index in [4.69, 9.17) is 10.5 Å². The van der Waals surface area contributed by atoms with Crippen molar-refractivity contribution in [2.24, 2.45) is 5.73 Å². The molecular weight excluding hydrogens is 250 g/mol. The van der Waals surface area contributed by atoms with Gasteiger partial charge in [-0.1, -0.05) is 11.3 Å². The quantitative estimate of drug-likeness (QED) is 0.832. The van der Waals surface area contributed by atoms with Gasteiger partial charge in [-0.05, 0) is 6.92 Å². The van der Waals surface area contributed by atoms with E-state index in [1.807, 2.05) is 0 Å². The first-order chi connectivity index (χ1) is 7.16. The summed E-state index contributed by atoms with van der Waals surface area (Å²) in [5.41, 5.74) is 6.48. The van der Waals surface area contributed by atoms with E-state index >= 15 is 0 Å². The highest BCUT2D eigenvalue weighted by Crippen LogP contribution is 2.26. The number of rotatable bonds is 2. The van der Waals surface area contributed by atoms with Crippen LogP contribution in [-0.4, -0.2) is 23.5 Å². The van der Waals surface area contributed by atoms with Crippen molar-refractivity contribution in [3.05, 3.63) is 10.6 Å². The number of thiazole rings is 1. The smallest absolute Gasteiger partial charge is 0.242 e. The summed E-state index contributed by atoms with van der Waals surface area (Å²) in [6.45, 7) is 2.95. The van der Waals surface area contributed by atoms with Gasteiger partial charge in [-0.25, -0.2) is 4.98 Å². The van der Waals surface area contributed by atoms with Crippen molar-refractivity contribution < 1.29 is 9.53 Å². The van der Waals surface area contributed by atoms with Gasteiger partial charge in [0.1, 0.15) is 0 Å². The molecule has 1 unspecified atom stereocenters. The number of carbonyl (C=O) groups is 1. The number of carbonyl (C=O) groups excluding carboxylic acids is 1. The molecular formula is C9H14ClN3O2S. The molecule has 0 radical (unpaired) electrons. The molecule has 1 aromatic rings. The number of nitrogens with two attached hydrogens (primary N) is 1. The van der Waals surface area contributed by atoms with Crippen molar-refractivity contribution >= 4 is 34.8 Å². The highest BCUT2D eigenvalue weighted by molar-refractivity contribution is 7.15. The van der Waals surface area contributed by atoms with Gasteiger partial charge < -0.3 is 15.8 Å². The lowest BCUT2D eigenvalue weighted by Crippen LogP contribution is -2.32. The van der Waals surface area contributed by atoms with Crippen molar-refractivity contribution in [3.8, 4) is 0 Å². The summed E-state index contributed by atoms with van der Waals surface area (Å²) in [6, 6.07) is -0.512. The number of amides is 1. The molecule has 3 N–H and O–H groups in total. The molecule has 1 atom stereocenters. The van der Waals surface area contributed by atoms with Crippen molar-refractivity contribution in [1.82, 2.24) is 4.98 Å². The Balaban J connectivity index is 0.00000128. The van der Waals surface area contributed by atoms with E-state index in [9.17, 15) is 4.79 Å². The number of halogens is 1. The van der Waals surface area contributed by atoms with Crippen LogP contribution in [0.4, 0.5) is 5.13 Å². The molecule has 90 valence electrons. The van der Waals surface area contributed by atoms with Crippen molar-refractivity contribution in [2.75, 3.05) is 11.9 Å². The maximum absolute atomic E-state index is 11.3. The molecule has 1 aliphatic rings. The van der Waals surface area contributed by atoms with Gasteiger partial charge in [-0.3, -0.25) is 4.79 Å². The lowest BCUT2D eigenvalue weighted by Gasteiger charge is -2.08. The Morgan fingerprint density at radius 2 is 2.44 bits per heavy atom. The Morgan fingerprint density at radius 1 is 1.69 bits per heavy atom. The van der Waals surface area contributed by atoms with E-state index in [-0.39, 0.29) is 18.3 Å². The number of fused-ring (bicyclic) bond motifs is 1. The largest absolute Gasteiger partial charge is 0.375 e. The summed E-state index contributed by atoms with van der Waals surface area (Å²) in [5.74, 6) is -0.206. The maximum atomic E-state index is 11.3. The summed E-state index contributed by atoms with van der Waals surface area (Å²) < 4.78 is 5.29. The molecule has 1 aliphatic heterocycles. The number of hydrogen-bond donors (Lipinski definition) is 2. The fraction of sp³-hybridized carbons (Fsp3) is 0.556. The van der Waals surface area contributed by atoms with Crippen LogP contribution in [0.15, 0.2) is 0 Å². The number of ether oxygens (including phenoxy) is 1. The van der Waals surface area contributed by atoms with Gasteiger partial charge >= 0.3 is 0 Å². The standard InChI is InChI=1S/C9H13N3O2S.ClH/c1-5(10)8(13)12-9-11-6-2-3-14-4-7(6)15-9;/h5H,2-4,10H2,1H3,(H,11,12,13);1H. The van der Waals surface area contributed by atoms with E-state index in [1.165, 1.54) is 11.3 Å². The molecule has 5 nitrogen and oxygen atoms in total. The third-order valence-corrected chi connectivity index (χ3v) is 3.12. The summed E-state index contributed by atoms with van der Waals surface area (Å²) >= 11 is 1.46. The zero-order valence-corrected chi connectivity index (χ0v) is 10.5. The van der Waals surface area contributed by atoms with E-state index in [0.29, 0.717) is 18.3 Å². The second-order valence-corrected chi connectivity index (χ2v) is 4.55. The highest BCUT2D eigenvalue weighted by Gasteiger charge is 2.17. The zero-order chi connectivity index (χ0) is 10.8. The minimum absolute atomic E-state index is 0. The Bertz CT molecular complexity index is 357. The molecule has 2 heterocycles. The fourth-order valence-corrected chi connectivity index (χ4v) is 2.25. The lowest BCUT2D eigenvalue weighted by atomic mass is 10.2. The summed E-state index contributed by atoms with van der Waals surface area (Å²) in [7, 11) is 0. The average molecular weight is 264 g/mol. The third kappa shape index (κ3) is 2.91. The first-order valence-electron chi connectivity index (χ1n) is 4.79. The third-order valence-electron chi connectivity index (χ3n) is 2.14. The Kier molecular flexibility index (Phi) is 4.67. The number of anilines is 1. The van der Waals surface area contributed by atoms with Gasteiger partial charge in [0.05, 0.1) is 29.8 Å². The minimum Gasteiger partial charge on any atom is -0.375 e. The number of aromatic nitrogens is 1. The molecule has 0 fully saturated rings. The molecule has 0 saturated carbocycles. The highest BCUT2D eigenvalue weighted by atomic mass is 35.5. The van der Waals surface area contributed by atoms with Gasteiger partial charge in [0, 0.05) is 6.42 Å². The summed E-state index contributed by atoms with van der Waals surface area (Å²) in [6.07, 6.45) is 0.819. The van der Waals surface area contributed by atoms with Gasteiger partial charge in [-0.15, -0.1) is 12.4 Å². The molecule has 0 aliphatic carbocycles. The van der Waals surface area contributed by atoms with Crippen LogP contribution in [0.3, 0.4) is 0 Å². The molecule has 16 heavy (non-hydrogen) atoms. The molecule has 7 heteroatoms. The van der Waals surface area contributed by atoms with E-state index in [0.717, 1.165) is 17.0 Å². The lowest BCUT2D eigenvalue weighted by molar-refractivity contribution is -0.117.